The van der Waals surface area contributed by atoms with Crippen molar-refractivity contribution >= 4 is 62.6 Å². The van der Waals surface area contributed by atoms with E-state index < -0.39 is 6.17 Å². The van der Waals surface area contributed by atoms with Crippen molar-refractivity contribution in [1.29, 1.82) is 0 Å². The van der Waals surface area contributed by atoms with Crippen LogP contribution >= 0.6 is 11.8 Å². The lowest BCUT2D eigenvalue weighted by atomic mass is 9.84. The topological polar surface area (TPSA) is 40.2 Å². The Balaban J connectivity index is 1.21. The molecule has 57 heavy (non-hydrogen) atoms. The second kappa shape index (κ2) is 14.8. The summed E-state index contributed by atoms with van der Waals surface area (Å²) < 4.78 is 0. The second-order valence-electron chi connectivity index (χ2n) is 14.9. The van der Waals surface area contributed by atoms with Gasteiger partial charge in [0.05, 0.1) is 16.9 Å². The van der Waals surface area contributed by atoms with E-state index in [4.69, 9.17) is 4.99 Å². The monoisotopic (exact) mass is 751 g/mol. The number of aromatic amines is 1. The highest BCUT2D eigenvalue weighted by molar-refractivity contribution is 8.04. The number of allylic oxidation sites excluding steroid dienone is 3. The number of hydrogen-bond acceptors (Lipinski definition) is 3. The summed E-state index contributed by atoms with van der Waals surface area (Å²) in [5.74, 6) is 0. The lowest BCUT2D eigenvalue weighted by Crippen LogP contribution is -2.16. The van der Waals surface area contributed by atoms with E-state index in [-0.39, 0.29) is 0 Å². The molecular formula is C53H41N3S. The molecule has 0 spiro atoms. The van der Waals surface area contributed by atoms with Gasteiger partial charge in [-0.2, -0.15) is 0 Å². The molecule has 0 saturated heterocycles. The molecule has 0 bridgehead atoms. The summed E-state index contributed by atoms with van der Waals surface area (Å²) in [6, 6.07) is 54.7. The summed E-state index contributed by atoms with van der Waals surface area (Å²) in [5.41, 5.74) is 16.3. The molecular weight excluding hydrogens is 711 g/mol. The molecule has 0 amide bonds. The fourth-order valence-corrected chi connectivity index (χ4v) is 9.38. The number of nitrogens with zero attached hydrogens (tertiary/aromatic N) is 1. The molecule has 0 fully saturated rings. The van der Waals surface area contributed by atoms with Crippen molar-refractivity contribution in [2.24, 2.45) is 4.99 Å². The highest BCUT2D eigenvalue weighted by atomic mass is 32.2. The van der Waals surface area contributed by atoms with Crippen LogP contribution < -0.4 is 5.32 Å². The maximum Gasteiger partial charge on any atom is 0.145 e. The second-order valence-corrected chi connectivity index (χ2v) is 16.0. The number of anilines is 1. The first-order chi connectivity index (χ1) is 28.1. The Labute approximate surface area is 338 Å². The molecule has 1 unspecified atom stereocenters. The van der Waals surface area contributed by atoms with Crippen LogP contribution in [0.3, 0.4) is 0 Å². The third-order valence-corrected chi connectivity index (χ3v) is 12.3. The van der Waals surface area contributed by atoms with E-state index >= 15 is 0 Å². The average Bonchev–Trinajstić information content (AvgIpc) is 3.75. The maximum atomic E-state index is 5.63. The summed E-state index contributed by atoms with van der Waals surface area (Å²) in [4.78, 5) is 11.2. The van der Waals surface area contributed by atoms with Gasteiger partial charge in [0.2, 0.25) is 0 Å². The van der Waals surface area contributed by atoms with E-state index in [1.54, 1.807) is 11.8 Å². The van der Waals surface area contributed by atoms with E-state index in [0.717, 1.165) is 61.6 Å². The van der Waals surface area contributed by atoms with Crippen molar-refractivity contribution in [2.45, 2.75) is 30.8 Å². The van der Waals surface area contributed by atoms with E-state index in [1.165, 1.54) is 55.3 Å². The molecule has 7 aromatic carbocycles. The summed E-state index contributed by atoms with van der Waals surface area (Å²) >= 11 is 1.67. The van der Waals surface area contributed by atoms with Crippen molar-refractivity contribution in [2.75, 3.05) is 5.32 Å². The molecule has 10 rings (SSSR count). The van der Waals surface area contributed by atoms with Crippen LogP contribution in [0.2, 0.25) is 0 Å². The number of nitrogens with one attached hydrogen (secondary N) is 2. The Morgan fingerprint density at radius 3 is 2.46 bits per heavy atom. The minimum absolute atomic E-state index is 0.400. The fraction of sp³-hybridized carbons (Fsp3) is 0.0755. The zero-order chi connectivity index (χ0) is 38.3. The molecule has 0 saturated carbocycles. The van der Waals surface area contributed by atoms with Gasteiger partial charge in [0.15, 0.2) is 0 Å². The highest BCUT2D eigenvalue weighted by Crippen LogP contribution is 2.43. The molecule has 8 aromatic rings. The molecule has 3 nitrogen and oxygen atoms in total. The maximum absolute atomic E-state index is 5.63. The predicted octanol–water partition coefficient (Wildman–Crippen LogP) is 14.4. The molecule has 1 aliphatic carbocycles. The van der Waals surface area contributed by atoms with Crippen LogP contribution in [0, 0.1) is 0 Å². The van der Waals surface area contributed by atoms with Crippen LogP contribution in [-0.2, 0) is 6.42 Å². The molecule has 1 atom stereocenters. The fourth-order valence-electron chi connectivity index (χ4n) is 8.47. The van der Waals surface area contributed by atoms with Gasteiger partial charge in [0.25, 0.3) is 0 Å². The van der Waals surface area contributed by atoms with Crippen molar-refractivity contribution in [3.05, 3.63) is 209 Å². The van der Waals surface area contributed by atoms with E-state index in [1.807, 2.05) is 6.20 Å². The number of rotatable bonds is 6. The zero-order valence-corrected chi connectivity index (χ0v) is 32.6. The number of hydrogen-bond donors (Lipinski definition) is 2. The van der Waals surface area contributed by atoms with Crippen molar-refractivity contribution in [3.8, 4) is 22.3 Å². The van der Waals surface area contributed by atoms with Gasteiger partial charge in [0.1, 0.15) is 6.17 Å². The number of aliphatic imine (C=N–C) groups is 1. The van der Waals surface area contributed by atoms with Crippen LogP contribution in [0.15, 0.2) is 185 Å². The molecule has 1 aliphatic heterocycles. The third-order valence-electron chi connectivity index (χ3n) is 11.3. The molecule has 2 aliphatic rings. The molecule has 2 N–H and O–H groups in total. The molecule has 1 aromatic heterocycles. The number of aromatic nitrogens is 1. The zero-order valence-electron chi connectivity index (χ0n) is 31.8. The smallest absolute Gasteiger partial charge is 0.145 e. The first kappa shape index (κ1) is 34.8. The predicted molar refractivity (Wildman–Crippen MR) is 245 cm³/mol. The van der Waals surface area contributed by atoms with Crippen molar-refractivity contribution in [1.82, 2.24) is 4.98 Å². The van der Waals surface area contributed by atoms with Gasteiger partial charge in [-0.25, -0.2) is 0 Å². The number of fused-ring (bicyclic) bond motifs is 5. The van der Waals surface area contributed by atoms with Crippen molar-refractivity contribution in [3.63, 3.8) is 0 Å². The van der Waals surface area contributed by atoms with Crippen LogP contribution in [0.25, 0.3) is 61.7 Å². The highest BCUT2D eigenvalue weighted by Gasteiger charge is 2.24. The number of benzene rings is 7. The summed E-state index contributed by atoms with van der Waals surface area (Å²) in [7, 11) is 0. The third kappa shape index (κ3) is 6.62. The van der Waals surface area contributed by atoms with Gasteiger partial charge in [-0.1, -0.05) is 146 Å². The first-order valence-electron chi connectivity index (χ1n) is 19.6. The molecule has 4 heteroatoms. The minimum atomic E-state index is -0.400. The lowest BCUT2D eigenvalue weighted by molar-refractivity contribution is 0.833. The first-order valence-corrected chi connectivity index (χ1v) is 20.5. The summed E-state index contributed by atoms with van der Waals surface area (Å²) in [6.45, 7) is 6.87. The minimum Gasteiger partial charge on any atom is -0.361 e. The number of H-pyrrole nitrogens is 1. The van der Waals surface area contributed by atoms with Crippen LogP contribution in [0.1, 0.15) is 52.9 Å². The van der Waals surface area contributed by atoms with Crippen LogP contribution in [-0.4, -0.2) is 10.7 Å². The normalized spacial score (nSPS) is 16.3. The van der Waals surface area contributed by atoms with Gasteiger partial charge >= 0.3 is 0 Å². The summed E-state index contributed by atoms with van der Waals surface area (Å²) in [5, 5.41) is 7.61. The van der Waals surface area contributed by atoms with E-state index in [2.05, 4.69) is 194 Å². The SMILES string of the molecule is C=C1Sc2ccccc2NC(c2cc(/C(C)=C/c3ccccc3-c3ccccc3)cc(-c3cc4ccccc4c4c3CCC=C4)c2)/N=C\1c1cccc2cc[nH]c12. The number of thioether (sulfide) groups is 1. The van der Waals surface area contributed by atoms with E-state index in [0.29, 0.717) is 0 Å². The Morgan fingerprint density at radius 1 is 0.737 bits per heavy atom. The van der Waals surface area contributed by atoms with Gasteiger partial charge in [-0.15, -0.1) is 0 Å². The Morgan fingerprint density at radius 2 is 1.53 bits per heavy atom. The molecule has 2 heterocycles. The van der Waals surface area contributed by atoms with Crippen molar-refractivity contribution < 1.29 is 0 Å². The molecule has 274 valence electrons. The Bertz CT molecular complexity index is 2950. The van der Waals surface area contributed by atoms with Gasteiger partial charge in [0, 0.05) is 26.9 Å². The molecule has 0 radical (unpaired) electrons. The average molecular weight is 752 g/mol. The largest absolute Gasteiger partial charge is 0.361 e. The number of para-hydroxylation sites is 2. The van der Waals surface area contributed by atoms with Crippen LogP contribution in [0.4, 0.5) is 5.69 Å². The Kier molecular flexibility index (Phi) is 9.04. The van der Waals surface area contributed by atoms with Crippen LogP contribution in [0.5, 0.6) is 0 Å². The standard InChI is InChI=1S/C53H41N3S/c1-34(29-38-17-6-8-20-43(38)36-15-4-3-5-16-36)40-30-41(48-33-39-18-7-9-21-44(39)45-22-10-11-23-46(45)48)32-42(31-40)53-55-49-25-12-13-26-50(49)57-35(2)51(56-53)47-24-14-19-37-27-28-54-52(37)47/h3-10,12-22,24-33,53-55H,2,11,23H2,1H3/b34-29+,56-51+. The van der Waals surface area contributed by atoms with Gasteiger partial charge in [-0.05, 0) is 129 Å². The van der Waals surface area contributed by atoms with Gasteiger partial charge in [-0.3, -0.25) is 4.99 Å². The van der Waals surface area contributed by atoms with Gasteiger partial charge < -0.3 is 10.3 Å². The van der Waals surface area contributed by atoms with E-state index in [9.17, 15) is 0 Å². The summed E-state index contributed by atoms with van der Waals surface area (Å²) in [6.07, 6.45) is 10.6. The Hall–Kier alpha value is -6.62. The quantitative estimate of drug-likeness (QED) is 0.166. The lowest BCUT2D eigenvalue weighted by Gasteiger charge is -2.26.